The van der Waals surface area contributed by atoms with Crippen molar-refractivity contribution in [2.75, 3.05) is 13.1 Å². The van der Waals surface area contributed by atoms with Gasteiger partial charge >= 0.3 is 0 Å². The normalized spacial score (nSPS) is 12.0. The van der Waals surface area contributed by atoms with E-state index in [4.69, 9.17) is 11.5 Å². The Morgan fingerprint density at radius 3 is 1.76 bits per heavy atom. The van der Waals surface area contributed by atoms with E-state index in [2.05, 4.69) is 13.0 Å². The molecule has 0 aliphatic rings. The second-order valence-electron chi connectivity index (χ2n) is 6.26. The Morgan fingerprint density at radius 1 is 0.667 bits per heavy atom. The topological polar surface area (TPSA) is 52.0 Å². The summed E-state index contributed by atoms with van der Waals surface area (Å²) in [6.07, 6.45) is 21.1. The van der Waals surface area contributed by atoms with Crippen molar-refractivity contribution in [3.63, 3.8) is 0 Å². The molecule has 0 amide bonds. The predicted octanol–water partition coefficient (Wildman–Crippen LogP) is 5.31. The molecule has 0 aliphatic heterocycles. The fourth-order valence-corrected chi connectivity index (χ4v) is 2.78. The third kappa shape index (κ3) is 15.9. The van der Waals surface area contributed by atoms with Crippen molar-refractivity contribution in [3.8, 4) is 0 Å². The zero-order chi connectivity index (χ0) is 15.6. The maximum absolute atomic E-state index is 5.66. The summed E-state index contributed by atoms with van der Waals surface area (Å²) in [5, 5.41) is 0. The lowest BCUT2D eigenvalue weighted by molar-refractivity contribution is 0.557. The zero-order valence-corrected chi connectivity index (χ0v) is 14.5. The Hall–Kier alpha value is -0.340. The van der Waals surface area contributed by atoms with Crippen LogP contribution in [0.4, 0.5) is 0 Å². The largest absolute Gasteiger partial charge is 0.330 e. The van der Waals surface area contributed by atoms with Crippen LogP contribution in [0.15, 0.2) is 11.6 Å². The van der Waals surface area contributed by atoms with Gasteiger partial charge in [-0.05, 0) is 45.2 Å². The van der Waals surface area contributed by atoms with Gasteiger partial charge in [0.1, 0.15) is 0 Å². The summed E-state index contributed by atoms with van der Waals surface area (Å²) in [7, 11) is 0. The highest BCUT2D eigenvalue weighted by Crippen LogP contribution is 2.14. The van der Waals surface area contributed by atoms with E-state index in [0.717, 1.165) is 32.4 Å². The molecule has 0 rings (SSSR count). The molecule has 4 N–H and O–H groups in total. The quantitative estimate of drug-likeness (QED) is 0.299. The molecule has 0 spiro atoms. The molecule has 0 atom stereocenters. The lowest BCUT2D eigenvalue weighted by Gasteiger charge is -2.06. The molecule has 0 saturated heterocycles. The minimum Gasteiger partial charge on any atom is -0.330 e. The van der Waals surface area contributed by atoms with E-state index >= 15 is 0 Å². The van der Waals surface area contributed by atoms with Crippen molar-refractivity contribution in [3.05, 3.63) is 11.6 Å². The lowest BCUT2D eigenvalue weighted by Crippen LogP contribution is -2.03. The van der Waals surface area contributed by atoms with Gasteiger partial charge in [0.15, 0.2) is 0 Å². The van der Waals surface area contributed by atoms with Crippen LogP contribution in [0.3, 0.4) is 0 Å². The average Bonchev–Trinajstić information content (AvgIpc) is 2.50. The number of nitrogens with two attached hydrogens (primary N) is 2. The van der Waals surface area contributed by atoms with Crippen molar-refractivity contribution in [2.45, 2.75) is 96.8 Å². The highest BCUT2D eigenvalue weighted by Gasteiger charge is 1.96. The van der Waals surface area contributed by atoms with Crippen molar-refractivity contribution in [1.29, 1.82) is 0 Å². The summed E-state index contributed by atoms with van der Waals surface area (Å²) in [5.41, 5.74) is 12.8. The summed E-state index contributed by atoms with van der Waals surface area (Å²) in [6.45, 7) is 3.85. The summed E-state index contributed by atoms with van der Waals surface area (Å²) >= 11 is 0. The van der Waals surface area contributed by atoms with Crippen molar-refractivity contribution in [2.24, 2.45) is 11.5 Å². The number of unbranched alkanes of at least 4 members (excludes halogenated alkanes) is 10. The molecular weight excluding hydrogens is 256 g/mol. The van der Waals surface area contributed by atoms with Gasteiger partial charge in [-0.1, -0.05) is 76.4 Å². The van der Waals surface area contributed by atoms with Crippen molar-refractivity contribution < 1.29 is 0 Å². The first-order valence-corrected chi connectivity index (χ1v) is 9.43. The molecule has 126 valence electrons. The van der Waals surface area contributed by atoms with Gasteiger partial charge in [-0.15, -0.1) is 0 Å². The third-order valence-corrected chi connectivity index (χ3v) is 4.16. The van der Waals surface area contributed by atoms with E-state index in [1.165, 1.54) is 76.2 Å². The molecule has 0 unspecified atom stereocenters. The minimum atomic E-state index is 0.772. The SMILES string of the molecule is CCCCCCCCCCCC/C=C(\CCN)CCCN. The summed E-state index contributed by atoms with van der Waals surface area (Å²) < 4.78 is 0. The van der Waals surface area contributed by atoms with E-state index in [-0.39, 0.29) is 0 Å². The molecule has 2 nitrogen and oxygen atoms in total. The third-order valence-electron chi connectivity index (χ3n) is 4.16. The minimum absolute atomic E-state index is 0.772. The number of hydrogen-bond donors (Lipinski definition) is 2. The fraction of sp³-hybridized carbons (Fsp3) is 0.895. The first-order valence-electron chi connectivity index (χ1n) is 9.43. The summed E-state index contributed by atoms with van der Waals surface area (Å²) in [5.74, 6) is 0. The van der Waals surface area contributed by atoms with Crippen LogP contribution in [0, 0.1) is 0 Å². The molecule has 2 heteroatoms. The van der Waals surface area contributed by atoms with Crippen molar-refractivity contribution in [1.82, 2.24) is 0 Å². The second-order valence-corrected chi connectivity index (χ2v) is 6.26. The molecule has 0 aliphatic carbocycles. The lowest BCUT2D eigenvalue weighted by atomic mass is 10.0. The van der Waals surface area contributed by atoms with Gasteiger partial charge in [0.25, 0.3) is 0 Å². The van der Waals surface area contributed by atoms with Gasteiger partial charge in [-0.2, -0.15) is 0 Å². The van der Waals surface area contributed by atoms with Gasteiger partial charge < -0.3 is 11.5 Å². The monoisotopic (exact) mass is 296 g/mol. The molecule has 21 heavy (non-hydrogen) atoms. The highest BCUT2D eigenvalue weighted by atomic mass is 14.5. The predicted molar refractivity (Wildman–Crippen MR) is 96.5 cm³/mol. The first-order chi connectivity index (χ1) is 10.3. The van der Waals surface area contributed by atoms with Crippen LogP contribution in [-0.4, -0.2) is 13.1 Å². The Bertz CT molecular complexity index is 224. The molecule has 0 radical (unpaired) electrons. The van der Waals surface area contributed by atoms with Gasteiger partial charge in [-0.3, -0.25) is 0 Å². The Balaban J connectivity index is 3.39. The van der Waals surface area contributed by atoms with Gasteiger partial charge in [0.2, 0.25) is 0 Å². The molecule has 0 aromatic heterocycles. The highest BCUT2D eigenvalue weighted by molar-refractivity contribution is 5.02. The van der Waals surface area contributed by atoms with Crippen LogP contribution in [-0.2, 0) is 0 Å². The zero-order valence-electron chi connectivity index (χ0n) is 14.5. The van der Waals surface area contributed by atoms with Crippen LogP contribution in [0.25, 0.3) is 0 Å². The maximum atomic E-state index is 5.66. The average molecular weight is 297 g/mol. The van der Waals surface area contributed by atoms with Gasteiger partial charge in [-0.25, -0.2) is 0 Å². The van der Waals surface area contributed by atoms with Crippen molar-refractivity contribution >= 4 is 0 Å². The van der Waals surface area contributed by atoms with E-state index in [9.17, 15) is 0 Å². The maximum Gasteiger partial charge on any atom is -0.00399 e. The number of rotatable bonds is 16. The molecular formula is C19H40N2. The Kier molecular flexibility index (Phi) is 17.4. The first kappa shape index (κ1) is 20.7. The number of hydrogen-bond acceptors (Lipinski definition) is 2. The Labute approximate surface area is 133 Å². The van der Waals surface area contributed by atoms with E-state index < -0.39 is 0 Å². The summed E-state index contributed by atoms with van der Waals surface area (Å²) in [6, 6.07) is 0. The van der Waals surface area contributed by atoms with Gasteiger partial charge in [0, 0.05) is 0 Å². The van der Waals surface area contributed by atoms with Crippen LogP contribution < -0.4 is 11.5 Å². The summed E-state index contributed by atoms with van der Waals surface area (Å²) in [4.78, 5) is 0. The van der Waals surface area contributed by atoms with Crippen LogP contribution in [0.2, 0.25) is 0 Å². The standard InChI is InChI=1S/C19H40N2/c1-2-3-4-5-6-7-8-9-10-11-12-14-19(16-18-21)15-13-17-20/h14H,2-13,15-18,20-21H2,1H3/b19-14-. The molecule has 0 saturated carbocycles. The molecule has 0 aromatic carbocycles. The number of allylic oxidation sites excluding steroid dienone is 1. The van der Waals surface area contributed by atoms with E-state index in [1.807, 2.05) is 0 Å². The molecule has 0 fully saturated rings. The van der Waals surface area contributed by atoms with E-state index in [1.54, 1.807) is 0 Å². The Morgan fingerprint density at radius 2 is 1.24 bits per heavy atom. The molecule has 0 aromatic rings. The van der Waals surface area contributed by atoms with Gasteiger partial charge in [0.05, 0.1) is 0 Å². The van der Waals surface area contributed by atoms with E-state index in [0.29, 0.717) is 0 Å². The second kappa shape index (κ2) is 17.7. The van der Waals surface area contributed by atoms with Crippen LogP contribution >= 0.6 is 0 Å². The fourth-order valence-electron chi connectivity index (χ4n) is 2.78. The molecule has 0 bridgehead atoms. The molecule has 0 heterocycles. The smallest absolute Gasteiger partial charge is 0.00399 e. The van der Waals surface area contributed by atoms with Crippen LogP contribution in [0.5, 0.6) is 0 Å². The van der Waals surface area contributed by atoms with Crippen LogP contribution in [0.1, 0.15) is 96.8 Å².